The summed E-state index contributed by atoms with van der Waals surface area (Å²) in [5, 5.41) is 7.80. The Morgan fingerprint density at radius 3 is 2.69 bits per heavy atom. The molecule has 26 heavy (non-hydrogen) atoms. The summed E-state index contributed by atoms with van der Waals surface area (Å²) in [4.78, 5) is 24.2. The van der Waals surface area contributed by atoms with Gasteiger partial charge in [0.15, 0.2) is 5.76 Å². The van der Waals surface area contributed by atoms with E-state index in [0.29, 0.717) is 16.8 Å². The lowest BCUT2D eigenvalue weighted by molar-refractivity contribution is -0.122. The minimum absolute atomic E-state index is 0.202. The molecule has 3 N–H and O–H groups in total. The van der Waals surface area contributed by atoms with Crippen LogP contribution in [0.25, 0.3) is 22.2 Å². The standard InChI is InChI=1S/C20H19N3O3/c21-19(24)14-7-4-8-16(14)22-20(25)13-9-10-17-15(11-13)18(26-23-17)12-5-2-1-3-6-12/h1-3,5-6,9-11,14,16H,4,7-8H2,(H2,21,24)(H,22,25). The molecule has 0 saturated heterocycles. The maximum Gasteiger partial charge on any atom is 0.251 e. The first-order chi connectivity index (χ1) is 12.6. The van der Waals surface area contributed by atoms with E-state index in [1.54, 1.807) is 18.2 Å². The number of carbonyl (C=O) groups excluding carboxylic acids is 2. The van der Waals surface area contributed by atoms with Gasteiger partial charge in [-0.05, 0) is 31.0 Å². The first-order valence-electron chi connectivity index (χ1n) is 8.68. The molecule has 1 saturated carbocycles. The smallest absolute Gasteiger partial charge is 0.251 e. The molecule has 1 aliphatic carbocycles. The van der Waals surface area contributed by atoms with E-state index < -0.39 is 0 Å². The number of hydrogen-bond acceptors (Lipinski definition) is 4. The molecule has 3 aromatic rings. The quantitative estimate of drug-likeness (QED) is 0.756. The van der Waals surface area contributed by atoms with E-state index in [-0.39, 0.29) is 23.8 Å². The fourth-order valence-corrected chi connectivity index (χ4v) is 3.61. The third-order valence-corrected chi connectivity index (χ3v) is 4.97. The zero-order valence-electron chi connectivity index (χ0n) is 14.1. The van der Waals surface area contributed by atoms with Crippen LogP contribution in [0.5, 0.6) is 0 Å². The second kappa shape index (κ2) is 6.63. The maximum absolute atomic E-state index is 12.7. The number of nitrogens with two attached hydrogens (primary N) is 1. The predicted octanol–water partition coefficient (Wildman–Crippen LogP) is 2.88. The van der Waals surface area contributed by atoms with E-state index in [2.05, 4.69) is 10.5 Å². The van der Waals surface area contributed by atoms with E-state index in [4.69, 9.17) is 10.3 Å². The Morgan fingerprint density at radius 2 is 1.92 bits per heavy atom. The molecule has 2 unspecified atom stereocenters. The average molecular weight is 349 g/mol. The number of benzene rings is 2. The van der Waals surface area contributed by atoms with Gasteiger partial charge in [0.25, 0.3) is 5.91 Å². The van der Waals surface area contributed by atoms with Gasteiger partial charge < -0.3 is 15.6 Å². The molecule has 6 heteroatoms. The summed E-state index contributed by atoms with van der Waals surface area (Å²) in [6.45, 7) is 0. The lowest BCUT2D eigenvalue weighted by atomic mass is 10.0. The summed E-state index contributed by atoms with van der Waals surface area (Å²) in [7, 11) is 0. The summed E-state index contributed by atoms with van der Waals surface area (Å²) in [5.74, 6) is -0.233. The number of hydrogen-bond donors (Lipinski definition) is 2. The third kappa shape index (κ3) is 2.94. The third-order valence-electron chi connectivity index (χ3n) is 4.97. The van der Waals surface area contributed by atoms with Crippen LogP contribution in [0.2, 0.25) is 0 Å². The molecule has 0 bridgehead atoms. The van der Waals surface area contributed by atoms with Gasteiger partial charge in [-0.25, -0.2) is 0 Å². The number of carbonyl (C=O) groups is 2. The van der Waals surface area contributed by atoms with Gasteiger partial charge in [-0.3, -0.25) is 9.59 Å². The largest absolute Gasteiger partial charge is 0.369 e. The predicted molar refractivity (Wildman–Crippen MR) is 97.2 cm³/mol. The SMILES string of the molecule is NC(=O)C1CCCC1NC(=O)c1ccc2noc(-c3ccccc3)c2c1. The molecule has 2 atom stereocenters. The topological polar surface area (TPSA) is 98.2 Å². The summed E-state index contributed by atoms with van der Waals surface area (Å²) < 4.78 is 5.47. The number of amides is 2. The summed E-state index contributed by atoms with van der Waals surface area (Å²) >= 11 is 0. The second-order valence-electron chi connectivity index (χ2n) is 6.63. The molecule has 132 valence electrons. The Balaban J connectivity index is 1.63. The second-order valence-corrected chi connectivity index (χ2v) is 6.63. The van der Waals surface area contributed by atoms with E-state index >= 15 is 0 Å². The summed E-state index contributed by atoms with van der Waals surface area (Å²) in [5.41, 5.74) is 7.53. The van der Waals surface area contributed by atoms with Crippen molar-refractivity contribution in [1.29, 1.82) is 0 Å². The van der Waals surface area contributed by atoms with Crippen molar-refractivity contribution in [3.8, 4) is 11.3 Å². The minimum Gasteiger partial charge on any atom is -0.369 e. The first-order valence-corrected chi connectivity index (χ1v) is 8.68. The highest BCUT2D eigenvalue weighted by atomic mass is 16.5. The van der Waals surface area contributed by atoms with Crippen molar-refractivity contribution in [2.24, 2.45) is 11.7 Å². The Labute approximate surface area is 150 Å². The van der Waals surface area contributed by atoms with Crippen LogP contribution in [0.3, 0.4) is 0 Å². The Morgan fingerprint density at radius 1 is 1.12 bits per heavy atom. The van der Waals surface area contributed by atoms with Gasteiger partial charge in [0.05, 0.1) is 11.3 Å². The normalized spacial score (nSPS) is 19.5. The van der Waals surface area contributed by atoms with Crippen molar-refractivity contribution in [3.63, 3.8) is 0 Å². The Bertz CT molecular complexity index is 965. The first kappa shape index (κ1) is 16.3. The average Bonchev–Trinajstić information content (AvgIpc) is 3.28. The highest BCUT2D eigenvalue weighted by Gasteiger charge is 2.32. The number of fused-ring (bicyclic) bond motifs is 1. The monoisotopic (exact) mass is 349 g/mol. The van der Waals surface area contributed by atoms with Crippen molar-refractivity contribution in [1.82, 2.24) is 10.5 Å². The van der Waals surface area contributed by atoms with Crippen LogP contribution in [0.4, 0.5) is 0 Å². The van der Waals surface area contributed by atoms with Gasteiger partial charge >= 0.3 is 0 Å². The number of nitrogens with zero attached hydrogens (tertiary/aromatic N) is 1. The molecule has 4 rings (SSSR count). The lowest BCUT2D eigenvalue weighted by Gasteiger charge is -2.18. The molecule has 0 aliphatic heterocycles. The van der Waals surface area contributed by atoms with Gasteiger partial charge in [-0.2, -0.15) is 0 Å². The van der Waals surface area contributed by atoms with Crippen molar-refractivity contribution in [2.45, 2.75) is 25.3 Å². The molecule has 0 spiro atoms. The van der Waals surface area contributed by atoms with Gasteiger partial charge in [0.1, 0.15) is 5.52 Å². The van der Waals surface area contributed by atoms with Crippen LogP contribution in [0, 0.1) is 5.92 Å². The van der Waals surface area contributed by atoms with Gasteiger partial charge in [-0.15, -0.1) is 0 Å². The summed E-state index contributed by atoms with van der Waals surface area (Å²) in [6, 6.07) is 14.7. The molecule has 1 heterocycles. The van der Waals surface area contributed by atoms with E-state index in [1.165, 1.54) is 0 Å². The molecule has 6 nitrogen and oxygen atoms in total. The van der Waals surface area contributed by atoms with Gasteiger partial charge in [-0.1, -0.05) is 41.9 Å². The van der Waals surface area contributed by atoms with E-state index in [1.807, 2.05) is 30.3 Å². The number of aromatic nitrogens is 1. The molecule has 0 radical (unpaired) electrons. The van der Waals surface area contributed by atoms with Crippen molar-refractivity contribution >= 4 is 22.7 Å². The van der Waals surface area contributed by atoms with Crippen LogP contribution in [-0.2, 0) is 4.79 Å². The van der Waals surface area contributed by atoms with Crippen molar-refractivity contribution in [3.05, 3.63) is 54.1 Å². The van der Waals surface area contributed by atoms with Gasteiger partial charge in [0, 0.05) is 17.2 Å². The zero-order chi connectivity index (χ0) is 18.1. The highest BCUT2D eigenvalue weighted by Crippen LogP contribution is 2.30. The highest BCUT2D eigenvalue weighted by molar-refractivity contribution is 6.01. The van der Waals surface area contributed by atoms with Crippen LogP contribution in [-0.4, -0.2) is 23.0 Å². The Kier molecular flexibility index (Phi) is 4.16. The fraction of sp³-hybridized carbons (Fsp3) is 0.250. The zero-order valence-corrected chi connectivity index (χ0v) is 14.1. The minimum atomic E-state index is -0.353. The van der Waals surface area contributed by atoms with Crippen LogP contribution in [0.15, 0.2) is 53.1 Å². The maximum atomic E-state index is 12.7. The number of primary amides is 1. The number of nitrogens with one attached hydrogen (secondary N) is 1. The molecule has 1 aliphatic rings. The molecule has 2 amide bonds. The van der Waals surface area contributed by atoms with E-state index in [9.17, 15) is 9.59 Å². The van der Waals surface area contributed by atoms with E-state index in [0.717, 1.165) is 30.2 Å². The van der Waals surface area contributed by atoms with Crippen molar-refractivity contribution in [2.75, 3.05) is 0 Å². The van der Waals surface area contributed by atoms with Gasteiger partial charge in [0.2, 0.25) is 5.91 Å². The molecule has 2 aromatic carbocycles. The molecule has 1 aromatic heterocycles. The molecular formula is C20H19N3O3. The van der Waals surface area contributed by atoms with Crippen molar-refractivity contribution < 1.29 is 14.1 Å². The van der Waals surface area contributed by atoms with Crippen LogP contribution >= 0.6 is 0 Å². The Hall–Kier alpha value is -3.15. The lowest BCUT2D eigenvalue weighted by Crippen LogP contribution is -2.42. The summed E-state index contributed by atoms with van der Waals surface area (Å²) in [6.07, 6.45) is 2.38. The number of rotatable bonds is 4. The molecular weight excluding hydrogens is 330 g/mol. The fourth-order valence-electron chi connectivity index (χ4n) is 3.61. The van der Waals surface area contributed by atoms with Crippen LogP contribution in [0.1, 0.15) is 29.6 Å². The van der Waals surface area contributed by atoms with Crippen LogP contribution < -0.4 is 11.1 Å². The molecule has 1 fully saturated rings.